The quantitative estimate of drug-likeness (QED) is 0.782. The molecule has 0 radical (unpaired) electrons. The van der Waals surface area contributed by atoms with E-state index in [1.807, 2.05) is 48.5 Å². The van der Waals surface area contributed by atoms with Gasteiger partial charge < -0.3 is 20.7 Å². The molecular formula is C21H25N3O3. The Morgan fingerprint density at radius 3 is 2.63 bits per heavy atom. The summed E-state index contributed by atoms with van der Waals surface area (Å²) >= 11 is 0. The standard InChI is InChI=1S/C21H25N3O3/c1-27-19-7-5-15(6-8-19)13-24-14-18(10-20(24)25)21(26)23-12-17-4-2-3-16(9-17)11-22/h2-9,18H,10-14,22H2,1H3,(H,23,26). The van der Waals surface area contributed by atoms with Crippen LogP contribution in [0.3, 0.4) is 0 Å². The van der Waals surface area contributed by atoms with E-state index in [4.69, 9.17) is 10.5 Å². The Hall–Kier alpha value is -2.86. The minimum atomic E-state index is -0.312. The second-order valence-corrected chi connectivity index (χ2v) is 6.77. The van der Waals surface area contributed by atoms with E-state index in [-0.39, 0.29) is 24.2 Å². The lowest BCUT2D eigenvalue weighted by molar-refractivity contribution is -0.129. The molecule has 0 saturated carbocycles. The Morgan fingerprint density at radius 1 is 1.19 bits per heavy atom. The molecule has 1 aliphatic heterocycles. The van der Waals surface area contributed by atoms with Gasteiger partial charge in [-0.15, -0.1) is 0 Å². The zero-order valence-corrected chi connectivity index (χ0v) is 15.5. The third-order valence-corrected chi connectivity index (χ3v) is 4.81. The van der Waals surface area contributed by atoms with Gasteiger partial charge in [-0.3, -0.25) is 9.59 Å². The van der Waals surface area contributed by atoms with Gasteiger partial charge in [-0.05, 0) is 28.8 Å². The number of nitrogens with two attached hydrogens (primary N) is 1. The van der Waals surface area contributed by atoms with E-state index in [0.717, 1.165) is 22.4 Å². The van der Waals surface area contributed by atoms with Crippen molar-refractivity contribution in [2.45, 2.75) is 26.1 Å². The Kier molecular flexibility index (Phi) is 6.08. The number of hydrogen-bond donors (Lipinski definition) is 2. The monoisotopic (exact) mass is 367 g/mol. The number of methoxy groups -OCH3 is 1. The lowest BCUT2D eigenvalue weighted by Gasteiger charge is -2.17. The maximum Gasteiger partial charge on any atom is 0.225 e. The second-order valence-electron chi connectivity index (χ2n) is 6.77. The smallest absolute Gasteiger partial charge is 0.225 e. The van der Waals surface area contributed by atoms with Crippen molar-refractivity contribution in [3.63, 3.8) is 0 Å². The molecule has 1 atom stereocenters. The molecule has 2 aromatic carbocycles. The van der Waals surface area contributed by atoms with Gasteiger partial charge in [0.05, 0.1) is 13.0 Å². The number of benzene rings is 2. The lowest BCUT2D eigenvalue weighted by atomic mass is 10.1. The fraction of sp³-hybridized carbons (Fsp3) is 0.333. The molecule has 0 aliphatic carbocycles. The molecule has 3 rings (SSSR count). The van der Waals surface area contributed by atoms with Crippen molar-refractivity contribution in [1.29, 1.82) is 0 Å². The zero-order valence-electron chi connectivity index (χ0n) is 15.5. The van der Waals surface area contributed by atoms with E-state index in [2.05, 4.69) is 5.32 Å². The van der Waals surface area contributed by atoms with Crippen LogP contribution in [0.2, 0.25) is 0 Å². The molecule has 0 bridgehead atoms. The van der Waals surface area contributed by atoms with Crippen molar-refractivity contribution in [3.8, 4) is 5.75 Å². The third-order valence-electron chi connectivity index (χ3n) is 4.81. The van der Waals surface area contributed by atoms with Gasteiger partial charge in [-0.1, -0.05) is 36.4 Å². The highest BCUT2D eigenvalue weighted by atomic mass is 16.5. The summed E-state index contributed by atoms with van der Waals surface area (Å²) in [4.78, 5) is 26.5. The highest BCUT2D eigenvalue weighted by Gasteiger charge is 2.34. The molecule has 0 aromatic heterocycles. The van der Waals surface area contributed by atoms with Crippen LogP contribution in [0.25, 0.3) is 0 Å². The van der Waals surface area contributed by atoms with E-state index < -0.39 is 0 Å². The SMILES string of the molecule is COc1ccc(CN2CC(C(=O)NCc3cccc(CN)c3)CC2=O)cc1. The van der Waals surface area contributed by atoms with Gasteiger partial charge in [-0.25, -0.2) is 0 Å². The molecule has 6 heteroatoms. The van der Waals surface area contributed by atoms with Crippen molar-refractivity contribution >= 4 is 11.8 Å². The molecule has 2 amide bonds. The molecule has 1 saturated heterocycles. The molecule has 0 spiro atoms. The number of likely N-dealkylation sites (tertiary alicyclic amines) is 1. The highest BCUT2D eigenvalue weighted by Crippen LogP contribution is 2.21. The van der Waals surface area contributed by atoms with Crippen LogP contribution in [0.4, 0.5) is 0 Å². The van der Waals surface area contributed by atoms with Gasteiger partial charge in [0.15, 0.2) is 0 Å². The molecular weight excluding hydrogens is 342 g/mol. The van der Waals surface area contributed by atoms with Gasteiger partial charge in [-0.2, -0.15) is 0 Å². The highest BCUT2D eigenvalue weighted by molar-refractivity contribution is 5.89. The molecule has 6 nitrogen and oxygen atoms in total. The Labute approximate surface area is 159 Å². The van der Waals surface area contributed by atoms with E-state index in [0.29, 0.717) is 26.2 Å². The number of nitrogens with zero attached hydrogens (tertiary/aromatic N) is 1. The number of rotatable bonds is 7. The van der Waals surface area contributed by atoms with E-state index in [1.165, 1.54) is 0 Å². The molecule has 3 N–H and O–H groups in total. The fourth-order valence-electron chi connectivity index (χ4n) is 3.25. The minimum absolute atomic E-state index is 0.0103. The first kappa shape index (κ1) is 18.9. The van der Waals surface area contributed by atoms with Crippen LogP contribution in [-0.4, -0.2) is 30.4 Å². The predicted molar refractivity (Wildman–Crippen MR) is 103 cm³/mol. The normalized spacial score (nSPS) is 16.4. The average Bonchev–Trinajstić information content (AvgIpc) is 3.07. The molecule has 27 heavy (non-hydrogen) atoms. The number of carbonyl (C=O) groups excluding carboxylic acids is 2. The van der Waals surface area contributed by atoms with E-state index >= 15 is 0 Å². The number of carbonyl (C=O) groups is 2. The third kappa shape index (κ3) is 4.86. The molecule has 1 unspecified atom stereocenters. The Morgan fingerprint density at radius 2 is 1.93 bits per heavy atom. The topological polar surface area (TPSA) is 84.7 Å². The summed E-state index contributed by atoms with van der Waals surface area (Å²) in [7, 11) is 1.62. The predicted octanol–water partition coefficient (Wildman–Crippen LogP) is 1.82. The van der Waals surface area contributed by atoms with Crippen molar-refractivity contribution < 1.29 is 14.3 Å². The summed E-state index contributed by atoms with van der Waals surface area (Å²) in [6.07, 6.45) is 0.255. The first-order valence-corrected chi connectivity index (χ1v) is 9.05. The van der Waals surface area contributed by atoms with Gasteiger partial charge in [0.25, 0.3) is 0 Å². The summed E-state index contributed by atoms with van der Waals surface area (Å²) in [5, 5.41) is 2.94. The number of nitrogens with one attached hydrogen (secondary N) is 1. The Bertz CT molecular complexity index is 805. The molecule has 142 valence electrons. The molecule has 1 heterocycles. The summed E-state index contributed by atoms with van der Waals surface area (Å²) in [5.41, 5.74) is 8.70. The zero-order chi connectivity index (χ0) is 19.2. The van der Waals surface area contributed by atoms with Crippen molar-refractivity contribution in [1.82, 2.24) is 10.2 Å². The number of amides is 2. The molecule has 1 aliphatic rings. The van der Waals surface area contributed by atoms with Crippen LogP contribution in [0.5, 0.6) is 5.75 Å². The van der Waals surface area contributed by atoms with Crippen molar-refractivity contribution in [3.05, 3.63) is 65.2 Å². The summed E-state index contributed by atoms with van der Waals surface area (Å²) in [5.74, 6) is 0.394. The lowest BCUT2D eigenvalue weighted by Crippen LogP contribution is -2.32. The number of ether oxygens (including phenoxy) is 1. The summed E-state index contributed by atoms with van der Waals surface area (Å²) in [6, 6.07) is 15.4. The van der Waals surface area contributed by atoms with Crippen LogP contribution in [0.15, 0.2) is 48.5 Å². The largest absolute Gasteiger partial charge is 0.497 e. The first-order valence-electron chi connectivity index (χ1n) is 9.05. The molecule has 2 aromatic rings. The van der Waals surface area contributed by atoms with Crippen molar-refractivity contribution in [2.24, 2.45) is 11.7 Å². The van der Waals surface area contributed by atoms with Crippen LogP contribution in [0.1, 0.15) is 23.1 Å². The number of hydrogen-bond acceptors (Lipinski definition) is 4. The summed E-state index contributed by atoms with van der Waals surface area (Å²) in [6.45, 7) is 1.86. The van der Waals surface area contributed by atoms with E-state index in [9.17, 15) is 9.59 Å². The van der Waals surface area contributed by atoms with Crippen LogP contribution < -0.4 is 15.8 Å². The van der Waals surface area contributed by atoms with Crippen LogP contribution >= 0.6 is 0 Å². The fourth-order valence-corrected chi connectivity index (χ4v) is 3.25. The summed E-state index contributed by atoms with van der Waals surface area (Å²) < 4.78 is 5.15. The minimum Gasteiger partial charge on any atom is -0.497 e. The van der Waals surface area contributed by atoms with Gasteiger partial charge in [0.1, 0.15) is 5.75 Å². The van der Waals surface area contributed by atoms with Gasteiger partial charge in [0, 0.05) is 32.6 Å². The Balaban J connectivity index is 1.53. The van der Waals surface area contributed by atoms with Gasteiger partial charge >= 0.3 is 0 Å². The van der Waals surface area contributed by atoms with Gasteiger partial charge in [0.2, 0.25) is 11.8 Å². The maximum atomic E-state index is 12.5. The molecule has 1 fully saturated rings. The van der Waals surface area contributed by atoms with Crippen molar-refractivity contribution in [2.75, 3.05) is 13.7 Å². The second kappa shape index (κ2) is 8.68. The van der Waals surface area contributed by atoms with E-state index in [1.54, 1.807) is 12.0 Å². The average molecular weight is 367 g/mol. The van der Waals surface area contributed by atoms with Crippen LogP contribution in [-0.2, 0) is 29.2 Å². The first-order chi connectivity index (χ1) is 13.1. The van der Waals surface area contributed by atoms with Crippen LogP contribution in [0, 0.1) is 5.92 Å². The maximum absolute atomic E-state index is 12.5.